The van der Waals surface area contributed by atoms with E-state index in [0.717, 1.165) is 18.9 Å². The van der Waals surface area contributed by atoms with E-state index in [1.165, 1.54) is 19.4 Å². The number of ether oxygens (including phenoxy) is 1. The summed E-state index contributed by atoms with van der Waals surface area (Å²) in [4.78, 5) is 14.2. The van der Waals surface area contributed by atoms with E-state index in [9.17, 15) is 4.79 Å². The van der Waals surface area contributed by atoms with E-state index in [-0.39, 0.29) is 12.0 Å². The molecule has 1 aliphatic carbocycles. The molecule has 0 radical (unpaired) electrons. The number of carbonyl (C=O) groups is 1. The van der Waals surface area contributed by atoms with Crippen LogP contribution in [-0.4, -0.2) is 49.7 Å². The molecule has 1 fully saturated rings. The number of rotatable bonds is 9. The molecule has 0 aromatic carbocycles. The van der Waals surface area contributed by atoms with Crippen LogP contribution in [0.2, 0.25) is 0 Å². The van der Waals surface area contributed by atoms with Gasteiger partial charge in [-0.2, -0.15) is 0 Å². The lowest BCUT2D eigenvalue weighted by atomic mass is 10.1. The largest absolute Gasteiger partial charge is 0.465 e. The lowest BCUT2D eigenvalue weighted by molar-refractivity contribution is -0.145. The van der Waals surface area contributed by atoms with E-state index in [2.05, 4.69) is 24.1 Å². The lowest BCUT2D eigenvalue weighted by Crippen LogP contribution is -2.41. The quantitative estimate of drug-likeness (QED) is 0.637. The van der Waals surface area contributed by atoms with Gasteiger partial charge in [-0.05, 0) is 53.0 Å². The molecule has 0 aromatic heterocycles. The molecule has 18 heavy (non-hydrogen) atoms. The Labute approximate surface area is 111 Å². The summed E-state index contributed by atoms with van der Waals surface area (Å²) >= 11 is 0. The van der Waals surface area contributed by atoms with Crippen LogP contribution in [0.1, 0.15) is 40.0 Å². The van der Waals surface area contributed by atoms with Crippen molar-refractivity contribution in [2.24, 2.45) is 5.92 Å². The van der Waals surface area contributed by atoms with Crippen LogP contribution in [-0.2, 0) is 9.53 Å². The zero-order chi connectivity index (χ0) is 13.5. The van der Waals surface area contributed by atoms with Crippen molar-refractivity contribution in [1.82, 2.24) is 10.2 Å². The second-order valence-electron chi connectivity index (χ2n) is 5.41. The van der Waals surface area contributed by atoms with Crippen LogP contribution in [0, 0.1) is 5.92 Å². The Morgan fingerprint density at radius 3 is 2.56 bits per heavy atom. The number of carbonyl (C=O) groups excluding carboxylic acids is 1. The maximum atomic E-state index is 11.7. The van der Waals surface area contributed by atoms with Gasteiger partial charge in [0.2, 0.25) is 0 Å². The molecule has 0 amide bonds. The van der Waals surface area contributed by atoms with Gasteiger partial charge in [-0.25, -0.2) is 0 Å². The van der Waals surface area contributed by atoms with Gasteiger partial charge in [0.05, 0.1) is 6.61 Å². The number of esters is 1. The summed E-state index contributed by atoms with van der Waals surface area (Å²) in [6.07, 6.45) is 3.56. The summed E-state index contributed by atoms with van der Waals surface area (Å²) in [6.45, 7) is 8.88. The minimum absolute atomic E-state index is 0.130. The van der Waals surface area contributed by atoms with Gasteiger partial charge in [0.25, 0.3) is 0 Å². The standard InChI is InChI=1S/C14H28N2O2/c1-5-18-14(17)13(15-4)8-9-16(11(2)3)10-12-6-7-12/h11-13,15H,5-10H2,1-4H3. The molecule has 0 heterocycles. The van der Waals surface area contributed by atoms with Crippen molar-refractivity contribution >= 4 is 5.97 Å². The van der Waals surface area contributed by atoms with Gasteiger partial charge in [0.15, 0.2) is 0 Å². The summed E-state index contributed by atoms with van der Waals surface area (Å²) in [7, 11) is 1.82. The fraction of sp³-hybridized carbons (Fsp3) is 0.929. The van der Waals surface area contributed by atoms with Crippen molar-refractivity contribution in [2.75, 3.05) is 26.7 Å². The Kier molecular flexibility index (Phi) is 6.65. The summed E-state index contributed by atoms with van der Waals surface area (Å²) < 4.78 is 5.06. The average Bonchev–Trinajstić information content (AvgIpc) is 3.12. The van der Waals surface area contributed by atoms with Gasteiger partial charge in [-0.15, -0.1) is 0 Å². The van der Waals surface area contributed by atoms with Crippen LogP contribution in [0.5, 0.6) is 0 Å². The number of hydrogen-bond acceptors (Lipinski definition) is 4. The molecule has 1 N–H and O–H groups in total. The smallest absolute Gasteiger partial charge is 0.323 e. The van der Waals surface area contributed by atoms with E-state index in [4.69, 9.17) is 4.74 Å². The predicted molar refractivity (Wildman–Crippen MR) is 73.5 cm³/mol. The van der Waals surface area contributed by atoms with Gasteiger partial charge in [-0.3, -0.25) is 4.79 Å². The highest BCUT2D eigenvalue weighted by molar-refractivity contribution is 5.75. The predicted octanol–water partition coefficient (Wildman–Crippen LogP) is 1.65. The second kappa shape index (κ2) is 7.74. The van der Waals surface area contributed by atoms with Crippen LogP contribution in [0.4, 0.5) is 0 Å². The van der Waals surface area contributed by atoms with Crippen LogP contribution in [0.15, 0.2) is 0 Å². The molecule has 0 aliphatic heterocycles. The van der Waals surface area contributed by atoms with Crippen molar-refractivity contribution in [3.63, 3.8) is 0 Å². The maximum absolute atomic E-state index is 11.7. The molecule has 0 bridgehead atoms. The number of hydrogen-bond donors (Lipinski definition) is 1. The summed E-state index contributed by atoms with van der Waals surface area (Å²) in [5.41, 5.74) is 0. The third-order valence-corrected chi connectivity index (χ3v) is 3.54. The third kappa shape index (κ3) is 5.36. The SMILES string of the molecule is CCOC(=O)C(CCN(CC1CC1)C(C)C)NC. The molecule has 4 nitrogen and oxygen atoms in total. The Morgan fingerprint density at radius 1 is 1.44 bits per heavy atom. The molecule has 1 aliphatic rings. The van der Waals surface area contributed by atoms with Crippen molar-refractivity contribution in [2.45, 2.75) is 52.1 Å². The molecule has 0 spiro atoms. The monoisotopic (exact) mass is 256 g/mol. The normalized spacial score (nSPS) is 17.2. The second-order valence-corrected chi connectivity index (χ2v) is 5.41. The highest BCUT2D eigenvalue weighted by Gasteiger charge is 2.26. The Bertz CT molecular complexity index is 252. The van der Waals surface area contributed by atoms with E-state index < -0.39 is 0 Å². The maximum Gasteiger partial charge on any atom is 0.323 e. The topological polar surface area (TPSA) is 41.6 Å². The number of likely N-dealkylation sites (N-methyl/N-ethyl adjacent to an activating group) is 1. The zero-order valence-electron chi connectivity index (χ0n) is 12.2. The van der Waals surface area contributed by atoms with Gasteiger partial charge < -0.3 is 15.0 Å². The highest BCUT2D eigenvalue weighted by Crippen LogP contribution is 2.30. The minimum Gasteiger partial charge on any atom is -0.465 e. The Balaban J connectivity index is 2.35. The molecule has 0 saturated heterocycles. The molecule has 0 aromatic rings. The van der Waals surface area contributed by atoms with Crippen LogP contribution < -0.4 is 5.32 Å². The van der Waals surface area contributed by atoms with Crippen molar-refractivity contribution in [3.8, 4) is 0 Å². The molecule has 1 saturated carbocycles. The van der Waals surface area contributed by atoms with Crippen molar-refractivity contribution in [1.29, 1.82) is 0 Å². The molecule has 1 unspecified atom stereocenters. The number of nitrogens with zero attached hydrogens (tertiary/aromatic N) is 1. The zero-order valence-corrected chi connectivity index (χ0v) is 12.2. The first-order valence-corrected chi connectivity index (χ1v) is 7.16. The molecule has 106 valence electrons. The Morgan fingerprint density at radius 2 is 2.11 bits per heavy atom. The molecular formula is C14H28N2O2. The molecule has 4 heteroatoms. The first-order valence-electron chi connectivity index (χ1n) is 7.16. The van der Waals surface area contributed by atoms with Gasteiger partial charge in [0.1, 0.15) is 6.04 Å². The summed E-state index contributed by atoms with van der Waals surface area (Å²) in [5, 5.41) is 3.05. The summed E-state index contributed by atoms with van der Waals surface area (Å²) in [5.74, 6) is 0.762. The highest BCUT2D eigenvalue weighted by atomic mass is 16.5. The van der Waals surface area contributed by atoms with Gasteiger partial charge >= 0.3 is 5.97 Å². The van der Waals surface area contributed by atoms with Crippen LogP contribution in [0.25, 0.3) is 0 Å². The van der Waals surface area contributed by atoms with Gasteiger partial charge in [-0.1, -0.05) is 0 Å². The third-order valence-electron chi connectivity index (χ3n) is 3.54. The van der Waals surface area contributed by atoms with E-state index in [1.54, 1.807) is 0 Å². The van der Waals surface area contributed by atoms with Crippen molar-refractivity contribution < 1.29 is 9.53 Å². The van der Waals surface area contributed by atoms with Crippen molar-refractivity contribution in [3.05, 3.63) is 0 Å². The van der Waals surface area contributed by atoms with Crippen LogP contribution in [0.3, 0.4) is 0 Å². The Hall–Kier alpha value is -0.610. The van der Waals surface area contributed by atoms with E-state index in [1.807, 2.05) is 14.0 Å². The lowest BCUT2D eigenvalue weighted by Gasteiger charge is -2.28. The van der Waals surface area contributed by atoms with E-state index in [0.29, 0.717) is 12.6 Å². The fourth-order valence-electron chi connectivity index (χ4n) is 2.11. The fourth-order valence-corrected chi connectivity index (χ4v) is 2.11. The molecular weight excluding hydrogens is 228 g/mol. The van der Waals surface area contributed by atoms with Gasteiger partial charge in [0, 0.05) is 19.1 Å². The molecule has 1 rings (SSSR count). The van der Waals surface area contributed by atoms with E-state index >= 15 is 0 Å². The minimum atomic E-state index is -0.176. The summed E-state index contributed by atoms with van der Waals surface area (Å²) in [6, 6.07) is 0.371. The number of nitrogens with one attached hydrogen (secondary N) is 1. The average molecular weight is 256 g/mol. The van der Waals surface area contributed by atoms with Crippen LogP contribution >= 0.6 is 0 Å². The first-order chi connectivity index (χ1) is 8.58. The first kappa shape index (κ1) is 15.4. The molecule has 1 atom stereocenters.